The predicted molar refractivity (Wildman–Crippen MR) is 77.9 cm³/mol. The van der Waals surface area contributed by atoms with Gasteiger partial charge in [0.05, 0.1) is 11.4 Å². The lowest BCUT2D eigenvalue weighted by Crippen LogP contribution is -2.33. The summed E-state index contributed by atoms with van der Waals surface area (Å²) in [6.45, 7) is 2.93. The van der Waals surface area contributed by atoms with E-state index in [1.807, 2.05) is 12.4 Å². The molecule has 1 aliphatic rings. The molecule has 0 saturated carbocycles. The topological polar surface area (TPSA) is 28.2 Å². The van der Waals surface area contributed by atoms with Crippen LogP contribution in [0.15, 0.2) is 47.2 Å². The van der Waals surface area contributed by atoms with Crippen LogP contribution >= 0.6 is 15.9 Å². The van der Waals surface area contributed by atoms with Crippen molar-refractivity contribution in [1.82, 2.24) is 4.98 Å². The van der Waals surface area contributed by atoms with Crippen molar-refractivity contribution in [2.45, 2.75) is 6.54 Å². The van der Waals surface area contributed by atoms with Crippen LogP contribution in [0.3, 0.4) is 0 Å². The summed E-state index contributed by atoms with van der Waals surface area (Å²) in [6.07, 6.45) is 3.69. The largest absolute Gasteiger partial charge is 0.382 e. The van der Waals surface area contributed by atoms with Crippen LogP contribution in [0.5, 0.6) is 0 Å². The van der Waals surface area contributed by atoms with E-state index >= 15 is 0 Å². The number of fused-ring (bicyclic) bond motifs is 1. The van der Waals surface area contributed by atoms with Crippen molar-refractivity contribution in [1.29, 1.82) is 0 Å². The summed E-state index contributed by atoms with van der Waals surface area (Å²) < 4.78 is 1.11. The van der Waals surface area contributed by atoms with Crippen molar-refractivity contribution in [2.24, 2.45) is 0 Å². The van der Waals surface area contributed by atoms with E-state index in [-0.39, 0.29) is 0 Å². The molecule has 1 aliphatic heterocycles. The van der Waals surface area contributed by atoms with Crippen molar-refractivity contribution in [3.8, 4) is 0 Å². The van der Waals surface area contributed by atoms with Gasteiger partial charge < -0.3 is 10.2 Å². The Morgan fingerprint density at radius 1 is 1.22 bits per heavy atom. The molecule has 0 bridgehead atoms. The Morgan fingerprint density at radius 2 is 2.06 bits per heavy atom. The predicted octanol–water partition coefficient (Wildman–Crippen LogP) is 3.28. The monoisotopic (exact) mass is 303 g/mol. The first-order valence-corrected chi connectivity index (χ1v) is 6.79. The fourth-order valence-corrected chi connectivity index (χ4v) is 2.61. The standard InChI is InChI=1S/C14H14BrN3/c15-12-1-2-14-13(9-12)17-7-8-18(14)10-11-3-5-16-6-4-11/h1-6,9,17H,7-8,10H2. The molecule has 1 aromatic carbocycles. The second-order valence-electron chi connectivity index (χ2n) is 4.37. The van der Waals surface area contributed by atoms with Gasteiger partial charge in [-0.25, -0.2) is 0 Å². The fourth-order valence-electron chi connectivity index (χ4n) is 2.24. The van der Waals surface area contributed by atoms with E-state index < -0.39 is 0 Å². The molecule has 0 aliphatic carbocycles. The number of pyridine rings is 1. The Bertz CT molecular complexity index is 542. The molecule has 2 heterocycles. The normalized spacial score (nSPS) is 13.9. The molecule has 0 spiro atoms. The molecule has 4 heteroatoms. The van der Waals surface area contributed by atoms with E-state index in [1.165, 1.54) is 16.9 Å². The lowest BCUT2D eigenvalue weighted by atomic mass is 10.1. The second-order valence-corrected chi connectivity index (χ2v) is 5.28. The van der Waals surface area contributed by atoms with E-state index in [1.54, 1.807) is 0 Å². The Labute approximate surface area is 115 Å². The molecule has 18 heavy (non-hydrogen) atoms. The van der Waals surface area contributed by atoms with Crippen LogP contribution in [0.4, 0.5) is 11.4 Å². The van der Waals surface area contributed by atoms with Crippen LogP contribution in [0.1, 0.15) is 5.56 Å². The van der Waals surface area contributed by atoms with Crippen molar-refractivity contribution in [3.05, 3.63) is 52.8 Å². The van der Waals surface area contributed by atoms with Gasteiger partial charge in [0.1, 0.15) is 0 Å². The third-order valence-corrected chi connectivity index (χ3v) is 3.61. The fraction of sp³-hybridized carbons (Fsp3) is 0.214. The molecule has 0 atom stereocenters. The van der Waals surface area contributed by atoms with Gasteiger partial charge in [0.15, 0.2) is 0 Å². The summed E-state index contributed by atoms with van der Waals surface area (Å²) in [4.78, 5) is 6.45. The highest BCUT2D eigenvalue weighted by atomic mass is 79.9. The third kappa shape index (κ3) is 2.34. The van der Waals surface area contributed by atoms with E-state index in [0.29, 0.717) is 0 Å². The van der Waals surface area contributed by atoms with Crippen LogP contribution in [-0.4, -0.2) is 18.1 Å². The number of rotatable bonds is 2. The number of aromatic nitrogens is 1. The van der Waals surface area contributed by atoms with E-state index in [2.05, 4.69) is 61.5 Å². The molecule has 3 nitrogen and oxygen atoms in total. The number of nitrogens with zero attached hydrogens (tertiary/aromatic N) is 2. The van der Waals surface area contributed by atoms with Crippen LogP contribution in [0, 0.1) is 0 Å². The smallest absolute Gasteiger partial charge is 0.0606 e. The van der Waals surface area contributed by atoms with Gasteiger partial charge in [-0.3, -0.25) is 4.98 Å². The van der Waals surface area contributed by atoms with Crippen molar-refractivity contribution in [2.75, 3.05) is 23.3 Å². The zero-order valence-electron chi connectivity index (χ0n) is 9.94. The SMILES string of the molecule is Brc1ccc2c(c1)NCCN2Cc1ccncc1. The molecule has 2 aromatic rings. The molecule has 3 rings (SSSR count). The third-order valence-electron chi connectivity index (χ3n) is 3.12. The zero-order valence-corrected chi connectivity index (χ0v) is 11.5. The van der Waals surface area contributed by atoms with E-state index in [0.717, 1.165) is 24.1 Å². The molecule has 0 radical (unpaired) electrons. The number of halogens is 1. The first-order valence-electron chi connectivity index (χ1n) is 6.00. The molecule has 1 N–H and O–H groups in total. The molecule has 0 amide bonds. The van der Waals surface area contributed by atoms with Crippen LogP contribution < -0.4 is 10.2 Å². The van der Waals surface area contributed by atoms with Gasteiger partial charge in [0.2, 0.25) is 0 Å². The maximum absolute atomic E-state index is 4.06. The van der Waals surface area contributed by atoms with Gasteiger partial charge in [-0.2, -0.15) is 0 Å². The van der Waals surface area contributed by atoms with Gasteiger partial charge in [-0.05, 0) is 35.9 Å². The van der Waals surface area contributed by atoms with Crippen molar-refractivity contribution >= 4 is 27.3 Å². The minimum absolute atomic E-state index is 0.929. The number of hydrogen-bond donors (Lipinski definition) is 1. The highest BCUT2D eigenvalue weighted by molar-refractivity contribution is 9.10. The number of anilines is 2. The van der Waals surface area contributed by atoms with Gasteiger partial charge in [0, 0.05) is 36.5 Å². The molecular weight excluding hydrogens is 290 g/mol. The minimum atomic E-state index is 0.929. The molecular formula is C14H14BrN3. The molecule has 0 unspecified atom stereocenters. The number of hydrogen-bond acceptors (Lipinski definition) is 3. The lowest BCUT2D eigenvalue weighted by Gasteiger charge is -2.32. The first kappa shape index (κ1) is 11.5. The summed E-state index contributed by atoms with van der Waals surface area (Å²) in [5.41, 5.74) is 3.76. The van der Waals surface area contributed by atoms with Crippen LogP contribution in [0.2, 0.25) is 0 Å². The van der Waals surface area contributed by atoms with Gasteiger partial charge in [-0.15, -0.1) is 0 Å². The summed E-state index contributed by atoms with van der Waals surface area (Å²) in [5.74, 6) is 0. The maximum atomic E-state index is 4.06. The van der Waals surface area contributed by atoms with E-state index in [4.69, 9.17) is 0 Å². The van der Waals surface area contributed by atoms with Gasteiger partial charge in [0.25, 0.3) is 0 Å². The summed E-state index contributed by atoms with van der Waals surface area (Å²) >= 11 is 3.51. The second kappa shape index (κ2) is 4.98. The van der Waals surface area contributed by atoms with Crippen molar-refractivity contribution in [3.63, 3.8) is 0 Å². The van der Waals surface area contributed by atoms with Crippen LogP contribution in [0.25, 0.3) is 0 Å². The highest BCUT2D eigenvalue weighted by Crippen LogP contribution is 2.32. The summed E-state index contributed by atoms with van der Waals surface area (Å²) in [6, 6.07) is 10.5. The number of nitrogens with one attached hydrogen (secondary N) is 1. The maximum Gasteiger partial charge on any atom is 0.0606 e. The first-order chi connectivity index (χ1) is 8.83. The number of benzene rings is 1. The molecule has 1 aromatic heterocycles. The summed E-state index contributed by atoms with van der Waals surface area (Å²) in [7, 11) is 0. The lowest BCUT2D eigenvalue weighted by molar-refractivity contribution is 0.786. The average Bonchev–Trinajstić information content (AvgIpc) is 2.40. The molecule has 0 fully saturated rings. The van der Waals surface area contributed by atoms with Crippen molar-refractivity contribution < 1.29 is 0 Å². The Balaban J connectivity index is 1.87. The average molecular weight is 304 g/mol. The minimum Gasteiger partial charge on any atom is -0.382 e. The zero-order chi connectivity index (χ0) is 12.4. The molecule has 0 saturated heterocycles. The Hall–Kier alpha value is -1.55. The van der Waals surface area contributed by atoms with Gasteiger partial charge >= 0.3 is 0 Å². The quantitative estimate of drug-likeness (QED) is 0.923. The highest BCUT2D eigenvalue weighted by Gasteiger charge is 2.16. The van der Waals surface area contributed by atoms with Gasteiger partial charge in [-0.1, -0.05) is 15.9 Å². The van der Waals surface area contributed by atoms with Crippen LogP contribution in [-0.2, 0) is 6.54 Å². The van der Waals surface area contributed by atoms with E-state index in [9.17, 15) is 0 Å². The molecule has 92 valence electrons. The Kier molecular flexibility index (Phi) is 3.19. The Morgan fingerprint density at radius 3 is 2.89 bits per heavy atom. The summed E-state index contributed by atoms with van der Waals surface area (Å²) in [5, 5.41) is 3.44.